The Labute approximate surface area is 93.2 Å². The first kappa shape index (κ1) is 12.1. The molecule has 0 bridgehead atoms. The number of pyridine rings is 1. The summed E-state index contributed by atoms with van der Waals surface area (Å²) in [5, 5.41) is 4.92. The normalized spacial score (nSPS) is 9.62. The van der Waals surface area contributed by atoms with Crippen LogP contribution in [0.15, 0.2) is 18.3 Å². The SMILES string of the molecule is Cc1ccnc(NC(=O)CNC(=O)CN)c1. The molecule has 1 aromatic heterocycles. The molecule has 0 spiro atoms. The fourth-order valence-electron chi connectivity index (χ4n) is 1.04. The summed E-state index contributed by atoms with van der Waals surface area (Å²) < 4.78 is 0. The molecule has 0 aromatic carbocycles. The highest BCUT2D eigenvalue weighted by Gasteiger charge is 2.04. The first-order valence-corrected chi connectivity index (χ1v) is 4.81. The summed E-state index contributed by atoms with van der Waals surface area (Å²) in [4.78, 5) is 26.1. The number of carbonyl (C=O) groups excluding carboxylic acids is 2. The molecule has 4 N–H and O–H groups in total. The van der Waals surface area contributed by atoms with Gasteiger partial charge in [-0.2, -0.15) is 0 Å². The number of anilines is 1. The molecule has 6 nitrogen and oxygen atoms in total. The van der Waals surface area contributed by atoms with E-state index in [0.717, 1.165) is 5.56 Å². The van der Waals surface area contributed by atoms with E-state index in [-0.39, 0.29) is 24.9 Å². The second-order valence-electron chi connectivity index (χ2n) is 3.25. The van der Waals surface area contributed by atoms with Crippen molar-refractivity contribution in [2.45, 2.75) is 6.92 Å². The van der Waals surface area contributed by atoms with E-state index >= 15 is 0 Å². The van der Waals surface area contributed by atoms with E-state index in [1.54, 1.807) is 12.3 Å². The van der Waals surface area contributed by atoms with Crippen LogP contribution in [-0.4, -0.2) is 29.9 Å². The fraction of sp³-hybridized carbons (Fsp3) is 0.300. The van der Waals surface area contributed by atoms with E-state index in [2.05, 4.69) is 15.6 Å². The van der Waals surface area contributed by atoms with Crippen LogP contribution in [0, 0.1) is 6.92 Å². The first-order chi connectivity index (χ1) is 7.61. The summed E-state index contributed by atoms with van der Waals surface area (Å²) in [6.07, 6.45) is 1.60. The lowest BCUT2D eigenvalue weighted by Gasteiger charge is -2.05. The Bertz CT molecular complexity index is 392. The molecule has 1 aromatic rings. The van der Waals surface area contributed by atoms with Gasteiger partial charge in [-0.05, 0) is 24.6 Å². The third-order valence-electron chi connectivity index (χ3n) is 1.81. The molecule has 0 aliphatic carbocycles. The van der Waals surface area contributed by atoms with Crippen LogP contribution in [0.1, 0.15) is 5.56 Å². The molecule has 0 saturated heterocycles. The number of aromatic nitrogens is 1. The monoisotopic (exact) mass is 222 g/mol. The minimum absolute atomic E-state index is 0.106. The van der Waals surface area contributed by atoms with Gasteiger partial charge in [0.05, 0.1) is 13.1 Å². The molecule has 0 unspecified atom stereocenters. The zero-order valence-electron chi connectivity index (χ0n) is 8.99. The summed E-state index contributed by atoms with van der Waals surface area (Å²) in [6.45, 7) is 1.66. The molecule has 0 aliphatic rings. The van der Waals surface area contributed by atoms with Crippen LogP contribution >= 0.6 is 0 Å². The Morgan fingerprint density at radius 2 is 2.19 bits per heavy atom. The Balaban J connectivity index is 2.43. The highest BCUT2D eigenvalue weighted by Crippen LogP contribution is 2.04. The van der Waals surface area contributed by atoms with Crippen molar-refractivity contribution in [1.82, 2.24) is 10.3 Å². The average Bonchev–Trinajstić information content (AvgIpc) is 2.26. The maximum atomic E-state index is 11.3. The van der Waals surface area contributed by atoms with Crippen molar-refractivity contribution >= 4 is 17.6 Å². The van der Waals surface area contributed by atoms with Crippen molar-refractivity contribution in [2.75, 3.05) is 18.4 Å². The Kier molecular flexibility index (Phi) is 4.41. The van der Waals surface area contributed by atoms with Crippen molar-refractivity contribution < 1.29 is 9.59 Å². The summed E-state index contributed by atoms with van der Waals surface area (Å²) >= 11 is 0. The van der Waals surface area contributed by atoms with E-state index in [1.807, 2.05) is 13.0 Å². The number of amides is 2. The predicted molar refractivity (Wildman–Crippen MR) is 59.7 cm³/mol. The van der Waals surface area contributed by atoms with Gasteiger partial charge in [0.1, 0.15) is 5.82 Å². The van der Waals surface area contributed by atoms with Crippen molar-refractivity contribution in [2.24, 2.45) is 5.73 Å². The largest absolute Gasteiger partial charge is 0.346 e. The molecule has 0 aliphatic heterocycles. The quantitative estimate of drug-likeness (QED) is 0.634. The van der Waals surface area contributed by atoms with Gasteiger partial charge < -0.3 is 16.4 Å². The highest BCUT2D eigenvalue weighted by molar-refractivity contribution is 5.94. The molecule has 6 heteroatoms. The van der Waals surface area contributed by atoms with Gasteiger partial charge in [0.25, 0.3) is 0 Å². The maximum absolute atomic E-state index is 11.3. The minimum atomic E-state index is -0.368. The highest BCUT2D eigenvalue weighted by atomic mass is 16.2. The zero-order chi connectivity index (χ0) is 12.0. The third kappa shape index (κ3) is 4.05. The number of nitrogens with one attached hydrogen (secondary N) is 2. The minimum Gasteiger partial charge on any atom is -0.346 e. The Morgan fingerprint density at radius 1 is 1.44 bits per heavy atom. The Morgan fingerprint density at radius 3 is 2.81 bits per heavy atom. The van der Waals surface area contributed by atoms with Gasteiger partial charge in [-0.25, -0.2) is 4.98 Å². The Hall–Kier alpha value is -1.95. The molecule has 16 heavy (non-hydrogen) atoms. The van der Waals surface area contributed by atoms with Crippen LogP contribution in [0.4, 0.5) is 5.82 Å². The number of aryl methyl sites for hydroxylation is 1. The van der Waals surface area contributed by atoms with Gasteiger partial charge in [-0.1, -0.05) is 0 Å². The van der Waals surface area contributed by atoms with Gasteiger partial charge in [0.2, 0.25) is 11.8 Å². The van der Waals surface area contributed by atoms with Crippen LogP contribution in [0.3, 0.4) is 0 Å². The number of rotatable bonds is 4. The molecule has 0 saturated carbocycles. The first-order valence-electron chi connectivity index (χ1n) is 4.81. The van der Waals surface area contributed by atoms with E-state index in [1.165, 1.54) is 0 Å². The van der Waals surface area contributed by atoms with Crippen LogP contribution in [-0.2, 0) is 9.59 Å². The lowest BCUT2D eigenvalue weighted by molar-refractivity contribution is -0.123. The molecule has 86 valence electrons. The second kappa shape index (κ2) is 5.82. The van der Waals surface area contributed by atoms with Crippen LogP contribution in [0.2, 0.25) is 0 Å². The lowest BCUT2D eigenvalue weighted by atomic mass is 10.3. The zero-order valence-corrected chi connectivity index (χ0v) is 8.99. The van der Waals surface area contributed by atoms with Gasteiger partial charge in [-0.15, -0.1) is 0 Å². The number of nitrogens with two attached hydrogens (primary N) is 1. The predicted octanol–water partition coefficient (Wildman–Crippen LogP) is -0.597. The van der Waals surface area contributed by atoms with Gasteiger partial charge >= 0.3 is 0 Å². The molecule has 2 amide bonds. The summed E-state index contributed by atoms with van der Waals surface area (Å²) in [7, 11) is 0. The number of hydrogen-bond donors (Lipinski definition) is 3. The van der Waals surface area contributed by atoms with Gasteiger partial charge in [-0.3, -0.25) is 9.59 Å². The molecule has 0 radical (unpaired) electrons. The van der Waals surface area contributed by atoms with Gasteiger partial charge in [0, 0.05) is 6.20 Å². The van der Waals surface area contributed by atoms with Crippen molar-refractivity contribution in [3.63, 3.8) is 0 Å². The van der Waals surface area contributed by atoms with E-state index in [9.17, 15) is 9.59 Å². The van der Waals surface area contributed by atoms with Crippen molar-refractivity contribution in [3.8, 4) is 0 Å². The smallest absolute Gasteiger partial charge is 0.244 e. The number of carbonyl (C=O) groups is 2. The van der Waals surface area contributed by atoms with E-state index in [4.69, 9.17) is 5.73 Å². The molecule has 1 rings (SSSR count). The standard InChI is InChI=1S/C10H14N4O2/c1-7-2-3-12-8(4-7)14-10(16)6-13-9(15)5-11/h2-4H,5-6,11H2,1H3,(H,13,15)(H,12,14,16). The topological polar surface area (TPSA) is 97.1 Å². The van der Waals surface area contributed by atoms with Crippen LogP contribution < -0.4 is 16.4 Å². The molecule has 0 fully saturated rings. The lowest BCUT2D eigenvalue weighted by Crippen LogP contribution is -2.36. The number of hydrogen-bond acceptors (Lipinski definition) is 4. The van der Waals surface area contributed by atoms with Crippen LogP contribution in [0.5, 0.6) is 0 Å². The molecule has 0 atom stereocenters. The average molecular weight is 222 g/mol. The van der Waals surface area contributed by atoms with Crippen molar-refractivity contribution in [1.29, 1.82) is 0 Å². The van der Waals surface area contributed by atoms with Gasteiger partial charge in [0.15, 0.2) is 0 Å². The third-order valence-corrected chi connectivity index (χ3v) is 1.81. The summed E-state index contributed by atoms with van der Waals surface area (Å²) in [5.74, 6) is -0.237. The fourth-order valence-corrected chi connectivity index (χ4v) is 1.04. The second-order valence-corrected chi connectivity index (χ2v) is 3.25. The van der Waals surface area contributed by atoms with E-state index in [0.29, 0.717) is 5.82 Å². The number of nitrogens with zero attached hydrogens (tertiary/aromatic N) is 1. The molecular weight excluding hydrogens is 208 g/mol. The molecule has 1 heterocycles. The summed E-state index contributed by atoms with van der Waals surface area (Å²) in [5.41, 5.74) is 6.07. The van der Waals surface area contributed by atoms with Crippen LogP contribution in [0.25, 0.3) is 0 Å². The van der Waals surface area contributed by atoms with E-state index < -0.39 is 0 Å². The van der Waals surface area contributed by atoms with Crippen molar-refractivity contribution in [3.05, 3.63) is 23.9 Å². The summed E-state index contributed by atoms with van der Waals surface area (Å²) in [6, 6.07) is 3.56. The maximum Gasteiger partial charge on any atom is 0.244 e. The molecular formula is C10H14N4O2.